The molecule has 5 heteroatoms. The van der Waals surface area contributed by atoms with Crippen LogP contribution in [0.5, 0.6) is 0 Å². The van der Waals surface area contributed by atoms with Crippen LogP contribution in [-0.2, 0) is 11.0 Å². The van der Waals surface area contributed by atoms with Gasteiger partial charge < -0.3 is 14.7 Å². The smallest absolute Gasteiger partial charge is 0.303 e. The van der Waals surface area contributed by atoms with Crippen LogP contribution < -0.4 is 0 Å². The van der Waals surface area contributed by atoms with E-state index in [1.807, 2.05) is 0 Å². The maximum absolute atomic E-state index is 8.88. The summed E-state index contributed by atoms with van der Waals surface area (Å²) in [5, 5.41) is 0. The van der Waals surface area contributed by atoms with Crippen molar-refractivity contribution in [2.24, 2.45) is 0 Å². The fraction of sp³-hybridized carbons (Fsp3) is 0.600. The standard InChI is InChI=1S/C15H24.H3O4P/c1-2-3-4-5-6-7-9-12-15-13-10-8-11-14-15;1-5(2,3)4/h8,10-11,13-14H,2-7,9,12H2,1H3;(H3,1,2,3,4). The molecule has 0 aliphatic heterocycles. The summed E-state index contributed by atoms with van der Waals surface area (Å²) >= 11 is 0. The average Bonchev–Trinajstić information content (AvgIpc) is 2.37. The van der Waals surface area contributed by atoms with Gasteiger partial charge in [0, 0.05) is 0 Å². The van der Waals surface area contributed by atoms with E-state index in [0.717, 1.165) is 0 Å². The number of unbranched alkanes of at least 4 members (excludes halogenated alkanes) is 6. The molecule has 0 bridgehead atoms. The third-order valence-electron chi connectivity index (χ3n) is 2.91. The first-order valence-corrected chi connectivity index (χ1v) is 8.82. The Balaban J connectivity index is 0.000000621. The summed E-state index contributed by atoms with van der Waals surface area (Å²) in [5.74, 6) is 0. The van der Waals surface area contributed by atoms with E-state index in [9.17, 15) is 0 Å². The zero-order valence-corrected chi connectivity index (χ0v) is 13.1. The Kier molecular flexibility index (Phi) is 11.7. The van der Waals surface area contributed by atoms with Crippen molar-refractivity contribution in [3.63, 3.8) is 0 Å². The first-order valence-electron chi connectivity index (χ1n) is 7.25. The Morgan fingerprint density at radius 2 is 1.30 bits per heavy atom. The van der Waals surface area contributed by atoms with Gasteiger partial charge in [-0.25, -0.2) is 4.57 Å². The molecule has 116 valence electrons. The second-order valence-corrected chi connectivity index (χ2v) is 5.90. The van der Waals surface area contributed by atoms with Crippen molar-refractivity contribution >= 4 is 7.82 Å². The molecule has 0 heterocycles. The van der Waals surface area contributed by atoms with E-state index >= 15 is 0 Å². The van der Waals surface area contributed by atoms with Crippen molar-refractivity contribution in [3.8, 4) is 0 Å². The van der Waals surface area contributed by atoms with E-state index in [4.69, 9.17) is 19.2 Å². The van der Waals surface area contributed by atoms with E-state index in [1.165, 1.54) is 56.9 Å². The normalized spacial score (nSPS) is 10.8. The molecule has 0 saturated carbocycles. The maximum atomic E-state index is 8.88. The van der Waals surface area contributed by atoms with Crippen molar-refractivity contribution in [1.29, 1.82) is 0 Å². The summed E-state index contributed by atoms with van der Waals surface area (Å²) in [6.45, 7) is 2.27. The molecule has 3 N–H and O–H groups in total. The van der Waals surface area contributed by atoms with Gasteiger partial charge >= 0.3 is 7.82 Å². The van der Waals surface area contributed by atoms with Crippen LogP contribution in [0.15, 0.2) is 30.3 Å². The van der Waals surface area contributed by atoms with E-state index in [0.29, 0.717) is 0 Å². The molecule has 0 aliphatic rings. The molecular formula is C15H27O4P. The first kappa shape index (κ1) is 19.3. The molecule has 0 atom stereocenters. The van der Waals surface area contributed by atoms with Crippen LogP contribution in [0, 0.1) is 0 Å². The summed E-state index contributed by atoms with van der Waals surface area (Å²) in [6.07, 6.45) is 11.1. The maximum Gasteiger partial charge on any atom is 0.466 e. The molecule has 0 amide bonds. The average molecular weight is 302 g/mol. The highest BCUT2D eigenvalue weighted by Gasteiger charge is 2.00. The third-order valence-corrected chi connectivity index (χ3v) is 2.91. The fourth-order valence-corrected chi connectivity index (χ4v) is 1.93. The van der Waals surface area contributed by atoms with Gasteiger partial charge in [-0.2, -0.15) is 0 Å². The van der Waals surface area contributed by atoms with Crippen molar-refractivity contribution in [1.82, 2.24) is 0 Å². The monoisotopic (exact) mass is 302 g/mol. The van der Waals surface area contributed by atoms with Crippen LogP contribution in [-0.4, -0.2) is 14.7 Å². The lowest BCUT2D eigenvalue weighted by Crippen LogP contribution is -1.85. The molecular weight excluding hydrogens is 275 g/mol. The van der Waals surface area contributed by atoms with Crippen LogP contribution in [0.3, 0.4) is 0 Å². The van der Waals surface area contributed by atoms with Gasteiger partial charge in [0.15, 0.2) is 0 Å². The van der Waals surface area contributed by atoms with Crippen LogP contribution >= 0.6 is 7.82 Å². The number of phosphoric acid groups is 1. The Morgan fingerprint density at radius 1 is 0.850 bits per heavy atom. The van der Waals surface area contributed by atoms with E-state index in [2.05, 4.69) is 37.3 Å². The Labute approximate surface area is 122 Å². The molecule has 0 aromatic heterocycles. The number of hydrogen-bond acceptors (Lipinski definition) is 1. The molecule has 0 fully saturated rings. The molecule has 1 aromatic carbocycles. The quantitative estimate of drug-likeness (QED) is 0.500. The molecule has 0 saturated heterocycles. The van der Waals surface area contributed by atoms with Crippen molar-refractivity contribution in [2.45, 2.75) is 58.3 Å². The Morgan fingerprint density at radius 3 is 1.80 bits per heavy atom. The minimum absolute atomic E-state index is 1.26. The number of aryl methyl sites for hydroxylation is 1. The number of hydrogen-bond donors (Lipinski definition) is 3. The van der Waals surface area contributed by atoms with Crippen LogP contribution in [0.1, 0.15) is 57.4 Å². The van der Waals surface area contributed by atoms with Gasteiger partial charge in [0.25, 0.3) is 0 Å². The van der Waals surface area contributed by atoms with Crippen LogP contribution in [0.4, 0.5) is 0 Å². The van der Waals surface area contributed by atoms with Gasteiger partial charge in [0.05, 0.1) is 0 Å². The van der Waals surface area contributed by atoms with Crippen molar-refractivity contribution in [3.05, 3.63) is 35.9 Å². The predicted molar refractivity (Wildman–Crippen MR) is 82.4 cm³/mol. The first-order chi connectivity index (χ1) is 9.43. The highest BCUT2D eigenvalue weighted by molar-refractivity contribution is 7.45. The highest BCUT2D eigenvalue weighted by Crippen LogP contribution is 2.25. The lowest BCUT2D eigenvalue weighted by atomic mass is 10.0. The van der Waals surface area contributed by atoms with E-state index in [-0.39, 0.29) is 0 Å². The Bertz CT molecular complexity index is 353. The van der Waals surface area contributed by atoms with Gasteiger partial charge in [-0.05, 0) is 18.4 Å². The van der Waals surface area contributed by atoms with Gasteiger partial charge in [0.1, 0.15) is 0 Å². The zero-order chi connectivity index (χ0) is 15.3. The predicted octanol–water partition coefficient (Wildman–Crippen LogP) is 4.05. The summed E-state index contributed by atoms with van der Waals surface area (Å²) in [6, 6.07) is 10.8. The van der Waals surface area contributed by atoms with Gasteiger partial charge in [-0.3, -0.25) is 0 Å². The molecule has 1 rings (SSSR count). The molecule has 20 heavy (non-hydrogen) atoms. The SMILES string of the molecule is CCCCCCCCCc1ccccc1.O=P(O)(O)O. The van der Waals surface area contributed by atoms with Crippen molar-refractivity contribution < 1.29 is 19.2 Å². The minimum atomic E-state index is -4.64. The molecule has 0 unspecified atom stereocenters. The third kappa shape index (κ3) is 17.3. The summed E-state index contributed by atoms with van der Waals surface area (Å²) in [7, 11) is -4.64. The lowest BCUT2D eigenvalue weighted by Gasteiger charge is -2.01. The van der Waals surface area contributed by atoms with Gasteiger partial charge in [0.2, 0.25) is 0 Å². The summed E-state index contributed by atoms with van der Waals surface area (Å²) in [4.78, 5) is 21.6. The van der Waals surface area contributed by atoms with Gasteiger partial charge in [-0.15, -0.1) is 0 Å². The minimum Gasteiger partial charge on any atom is -0.303 e. The summed E-state index contributed by atoms with van der Waals surface area (Å²) in [5.41, 5.74) is 1.49. The summed E-state index contributed by atoms with van der Waals surface area (Å²) < 4.78 is 8.88. The second-order valence-electron chi connectivity index (χ2n) is 4.87. The lowest BCUT2D eigenvalue weighted by molar-refractivity contribution is 0.275. The molecule has 4 nitrogen and oxygen atoms in total. The number of benzene rings is 1. The second kappa shape index (κ2) is 12.1. The van der Waals surface area contributed by atoms with Crippen LogP contribution in [0.2, 0.25) is 0 Å². The molecule has 0 spiro atoms. The van der Waals surface area contributed by atoms with Crippen LogP contribution in [0.25, 0.3) is 0 Å². The highest BCUT2D eigenvalue weighted by atomic mass is 31.2. The number of rotatable bonds is 8. The molecule has 1 aromatic rings. The topological polar surface area (TPSA) is 77.8 Å². The van der Waals surface area contributed by atoms with E-state index < -0.39 is 7.82 Å². The molecule has 0 aliphatic carbocycles. The largest absolute Gasteiger partial charge is 0.466 e. The van der Waals surface area contributed by atoms with Crippen molar-refractivity contribution in [2.75, 3.05) is 0 Å². The zero-order valence-electron chi connectivity index (χ0n) is 12.2. The van der Waals surface area contributed by atoms with E-state index in [1.54, 1.807) is 0 Å². The fourth-order valence-electron chi connectivity index (χ4n) is 1.93. The van der Waals surface area contributed by atoms with Gasteiger partial charge in [-0.1, -0.05) is 75.8 Å². The molecule has 0 radical (unpaired) electrons. The Hall–Kier alpha value is -0.670.